The zero-order chi connectivity index (χ0) is 15.3. The molecule has 20 heavy (non-hydrogen) atoms. The van der Waals surface area contributed by atoms with E-state index >= 15 is 0 Å². The standard InChI is InChI=1S/C17H26ClNO/c1-13(2)19(12-6-11-18)16(20)14-7-9-15(10-8-14)17(3,4)5/h7-10,13H,6,11-12H2,1-5H3. The van der Waals surface area contributed by atoms with Crippen LogP contribution < -0.4 is 0 Å². The van der Waals surface area contributed by atoms with Gasteiger partial charge in [0.25, 0.3) is 5.91 Å². The molecule has 1 aromatic rings. The van der Waals surface area contributed by atoms with Gasteiger partial charge in [-0.1, -0.05) is 32.9 Å². The van der Waals surface area contributed by atoms with E-state index in [1.807, 2.05) is 43.0 Å². The minimum atomic E-state index is 0.0885. The number of hydrogen-bond donors (Lipinski definition) is 0. The first-order chi connectivity index (χ1) is 9.27. The molecule has 0 aliphatic carbocycles. The largest absolute Gasteiger partial charge is 0.336 e. The van der Waals surface area contributed by atoms with E-state index in [0.29, 0.717) is 12.4 Å². The van der Waals surface area contributed by atoms with E-state index < -0.39 is 0 Å². The lowest BCUT2D eigenvalue weighted by atomic mass is 9.86. The highest BCUT2D eigenvalue weighted by Crippen LogP contribution is 2.22. The monoisotopic (exact) mass is 295 g/mol. The Morgan fingerprint density at radius 1 is 1.20 bits per heavy atom. The van der Waals surface area contributed by atoms with Gasteiger partial charge in [0.1, 0.15) is 0 Å². The topological polar surface area (TPSA) is 20.3 Å². The smallest absolute Gasteiger partial charge is 0.254 e. The summed E-state index contributed by atoms with van der Waals surface area (Å²) in [6.45, 7) is 11.3. The third-order valence-corrected chi connectivity index (χ3v) is 3.68. The fraction of sp³-hybridized carbons (Fsp3) is 0.588. The summed E-state index contributed by atoms with van der Waals surface area (Å²) in [5.74, 6) is 0.671. The molecule has 0 bridgehead atoms. The van der Waals surface area contributed by atoms with Gasteiger partial charge in [0, 0.05) is 24.0 Å². The third kappa shape index (κ3) is 4.52. The molecule has 112 valence electrons. The Kier molecular flexibility index (Phi) is 6.07. The Bertz CT molecular complexity index is 431. The lowest BCUT2D eigenvalue weighted by Crippen LogP contribution is -2.37. The molecule has 0 aliphatic heterocycles. The van der Waals surface area contributed by atoms with Crippen molar-refractivity contribution in [2.75, 3.05) is 12.4 Å². The van der Waals surface area contributed by atoms with Crippen molar-refractivity contribution in [3.63, 3.8) is 0 Å². The molecule has 0 spiro atoms. The normalized spacial score (nSPS) is 11.8. The Balaban J connectivity index is 2.89. The van der Waals surface area contributed by atoms with E-state index in [9.17, 15) is 4.79 Å². The molecule has 3 heteroatoms. The molecule has 0 heterocycles. The number of amides is 1. The minimum Gasteiger partial charge on any atom is -0.336 e. The second kappa shape index (κ2) is 7.12. The summed E-state index contributed by atoms with van der Waals surface area (Å²) in [6.07, 6.45) is 0.825. The van der Waals surface area contributed by atoms with Crippen molar-refractivity contribution >= 4 is 17.5 Å². The number of hydrogen-bond acceptors (Lipinski definition) is 1. The Morgan fingerprint density at radius 3 is 2.15 bits per heavy atom. The number of nitrogens with zero attached hydrogens (tertiary/aromatic N) is 1. The van der Waals surface area contributed by atoms with Gasteiger partial charge in [0.2, 0.25) is 0 Å². The highest BCUT2D eigenvalue weighted by Gasteiger charge is 2.19. The average molecular weight is 296 g/mol. The molecule has 0 fully saturated rings. The van der Waals surface area contributed by atoms with E-state index in [4.69, 9.17) is 11.6 Å². The van der Waals surface area contributed by atoms with Crippen LogP contribution in [0.3, 0.4) is 0 Å². The highest BCUT2D eigenvalue weighted by atomic mass is 35.5. The minimum absolute atomic E-state index is 0.0885. The van der Waals surface area contributed by atoms with Crippen LogP contribution in [0.1, 0.15) is 57.0 Å². The van der Waals surface area contributed by atoms with E-state index in [2.05, 4.69) is 20.8 Å². The summed E-state index contributed by atoms with van der Waals surface area (Å²) in [4.78, 5) is 14.4. The van der Waals surface area contributed by atoms with Crippen LogP contribution in [-0.4, -0.2) is 29.3 Å². The predicted octanol–water partition coefficient (Wildman–Crippen LogP) is 4.46. The first-order valence-electron chi connectivity index (χ1n) is 7.25. The van der Waals surface area contributed by atoms with Crippen LogP contribution in [0.25, 0.3) is 0 Å². The fourth-order valence-electron chi connectivity index (χ4n) is 2.10. The van der Waals surface area contributed by atoms with Crippen molar-refractivity contribution in [1.29, 1.82) is 0 Å². The molecule has 0 N–H and O–H groups in total. The lowest BCUT2D eigenvalue weighted by Gasteiger charge is -2.27. The molecule has 0 aliphatic rings. The van der Waals surface area contributed by atoms with Crippen molar-refractivity contribution in [3.05, 3.63) is 35.4 Å². The molecule has 0 saturated heterocycles. The zero-order valence-electron chi connectivity index (χ0n) is 13.2. The first-order valence-corrected chi connectivity index (χ1v) is 7.78. The molecule has 1 aromatic carbocycles. The molecular formula is C17H26ClNO. The van der Waals surface area contributed by atoms with E-state index in [-0.39, 0.29) is 17.4 Å². The summed E-state index contributed by atoms with van der Waals surface area (Å²) in [7, 11) is 0. The maximum atomic E-state index is 12.5. The number of rotatable bonds is 5. The third-order valence-electron chi connectivity index (χ3n) is 3.41. The SMILES string of the molecule is CC(C)N(CCCCl)C(=O)c1ccc(C(C)(C)C)cc1. The second-order valence-corrected chi connectivity index (χ2v) is 6.84. The number of carbonyl (C=O) groups is 1. The summed E-state index contributed by atoms with van der Waals surface area (Å²) in [5, 5.41) is 0. The number of alkyl halides is 1. The Labute approximate surface area is 128 Å². The fourth-order valence-corrected chi connectivity index (χ4v) is 2.22. The number of carbonyl (C=O) groups excluding carboxylic acids is 1. The quantitative estimate of drug-likeness (QED) is 0.734. The molecule has 0 atom stereocenters. The van der Waals surface area contributed by atoms with Gasteiger partial charge in [-0.05, 0) is 43.4 Å². The maximum Gasteiger partial charge on any atom is 0.254 e. The molecule has 0 radical (unpaired) electrons. The van der Waals surface area contributed by atoms with Gasteiger partial charge >= 0.3 is 0 Å². The molecular weight excluding hydrogens is 270 g/mol. The first kappa shape index (κ1) is 17.0. The van der Waals surface area contributed by atoms with Crippen molar-refractivity contribution in [1.82, 2.24) is 4.90 Å². The van der Waals surface area contributed by atoms with Crippen molar-refractivity contribution in [2.45, 2.75) is 52.5 Å². The summed E-state index contributed by atoms with van der Waals surface area (Å²) >= 11 is 5.73. The van der Waals surface area contributed by atoms with Crippen molar-refractivity contribution in [3.8, 4) is 0 Å². The van der Waals surface area contributed by atoms with Crippen LogP contribution in [0, 0.1) is 0 Å². The summed E-state index contributed by atoms with van der Waals surface area (Å²) in [6, 6.07) is 8.14. The number of halogens is 1. The summed E-state index contributed by atoms with van der Waals surface area (Å²) in [5.41, 5.74) is 2.10. The van der Waals surface area contributed by atoms with Crippen molar-refractivity contribution < 1.29 is 4.79 Å². The van der Waals surface area contributed by atoms with E-state index in [1.165, 1.54) is 5.56 Å². The molecule has 0 aromatic heterocycles. The number of benzene rings is 1. The van der Waals surface area contributed by atoms with Crippen LogP contribution in [-0.2, 0) is 5.41 Å². The van der Waals surface area contributed by atoms with Crippen molar-refractivity contribution in [2.24, 2.45) is 0 Å². The zero-order valence-corrected chi connectivity index (χ0v) is 14.0. The van der Waals surface area contributed by atoms with Gasteiger partial charge in [0.05, 0.1) is 0 Å². The van der Waals surface area contributed by atoms with Gasteiger partial charge in [-0.15, -0.1) is 11.6 Å². The molecule has 0 unspecified atom stereocenters. The van der Waals surface area contributed by atoms with E-state index in [1.54, 1.807) is 0 Å². The van der Waals surface area contributed by atoms with Crippen LogP contribution in [0.5, 0.6) is 0 Å². The molecule has 1 amide bonds. The Morgan fingerprint density at radius 2 is 1.75 bits per heavy atom. The highest BCUT2D eigenvalue weighted by molar-refractivity contribution is 6.17. The van der Waals surface area contributed by atoms with Crippen LogP contribution in [0.15, 0.2) is 24.3 Å². The van der Waals surface area contributed by atoms with E-state index in [0.717, 1.165) is 12.0 Å². The van der Waals surface area contributed by atoms with Crippen LogP contribution in [0.4, 0.5) is 0 Å². The van der Waals surface area contributed by atoms with Crippen LogP contribution >= 0.6 is 11.6 Å². The van der Waals surface area contributed by atoms with Crippen LogP contribution in [0.2, 0.25) is 0 Å². The average Bonchev–Trinajstić information content (AvgIpc) is 2.37. The predicted molar refractivity (Wildman–Crippen MR) is 86.7 cm³/mol. The molecule has 0 saturated carbocycles. The Hall–Kier alpha value is -1.02. The van der Waals surface area contributed by atoms with Gasteiger partial charge in [-0.2, -0.15) is 0 Å². The molecule has 2 nitrogen and oxygen atoms in total. The van der Waals surface area contributed by atoms with Gasteiger partial charge in [-0.3, -0.25) is 4.79 Å². The summed E-state index contributed by atoms with van der Waals surface area (Å²) < 4.78 is 0. The van der Waals surface area contributed by atoms with Gasteiger partial charge in [-0.25, -0.2) is 0 Å². The van der Waals surface area contributed by atoms with Gasteiger partial charge in [0.15, 0.2) is 0 Å². The molecule has 1 rings (SSSR count). The lowest BCUT2D eigenvalue weighted by molar-refractivity contribution is 0.0706. The van der Waals surface area contributed by atoms with Gasteiger partial charge < -0.3 is 4.90 Å². The maximum absolute atomic E-state index is 12.5. The second-order valence-electron chi connectivity index (χ2n) is 6.46.